The molecule has 0 aliphatic heterocycles. The summed E-state index contributed by atoms with van der Waals surface area (Å²) in [4.78, 5) is 8.61. The van der Waals surface area contributed by atoms with E-state index < -0.39 is 0 Å². The van der Waals surface area contributed by atoms with E-state index >= 15 is 0 Å². The molecule has 0 saturated carbocycles. The summed E-state index contributed by atoms with van der Waals surface area (Å²) in [6.45, 7) is 0.669. The Labute approximate surface area is 137 Å². The van der Waals surface area contributed by atoms with Gasteiger partial charge in [0.15, 0.2) is 5.65 Å². The molecule has 0 saturated heterocycles. The van der Waals surface area contributed by atoms with Crippen molar-refractivity contribution in [3.05, 3.63) is 41.8 Å². The molecule has 0 aliphatic carbocycles. The normalized spacial score (nSPS) is 11.0. The minimum absolute atomic E-state index is 0.161. The van der Waals surface area contributed by atoms with Crippen LogP contribution in [-0.4, -0.2) is 32.0 Å². The number of aromatic nitrogens is 4. The minimum Gasteiger partial charge on any atom is -0.383 e. The first kappa shape index (κ1) is 15.5. The number of hydrogen-bond acceptors (Lipinski definition) is 6. The van der Waals surface area contributed by atoms with Crippen LogP contribution in [0.3, 0.4) is 0 Å². The number of nitrogens with one attached hydrogen (secondary N) is 1. The van der Waals surface area contributed by atoms with Crippen molar-refractivity contribution in [1.29, 1.82) is 0 Å². The van der Waals surface area contributed by atoms with Gasteiger partial charge in [-0.1, -0.05) is 18.2 Å². The van der Waals surface area contributed by atoms with E-state index in [9.17, 15) is 4.39 Å². The third-order valence-electron chi connectivity index (χ3n) is 3.37. The summed E-state index contributed by atoms with van der Waals surface area (Å²) in [5.74, 6) is 2.17. The van der Waals surface area contributed by atoms with E-state index in [2.05, 4.69) is 20.4 Å². The molecule has 0 atom stereocenters. The van der Waals surface area contributed by atoms with Crippen molar-refractivity contribution < 1.29 is 4.39 Å². The van der Waals surface area contributed by atoms with Crippen LogP contribution in [0.1, 0.15) is 5.56 Å². The Kier molecular flexibility index (Phi) is 4.61. The minimum atomic E-state index is -0.161. The molecule has 6 nitrogen and oxygen atoms in total. The third kappa shape index (κ3) is 3.53. The number of halogens is 1. The van der Waals surface area contributed by atoms with E-state index in [0.717, 1.165) is 11.1 Å². The van der Waals surface area contributed by atoms with E-state index in [-0.39, 0.29) is 5.82 Å². The molecular weight excluding hydrogens is 315 g/mol. The van der Waals surface area contributed by atoms with Gasteiger partial charge in [-0.15, -0.1) is 0 Å². The van der Waals surface area contributed by atoms with Crippen LogP contribution >= 0.6 is 11.8 Å². The molecule has 3 rings (SSSR count). The molecular formula is C15H17FN6S. The maximum absolute atomic E-state index is 13.5. The lowest BCUT2D eigenvalue weighted by Crippen LogP contribution is -2.09. The van der Waals surface area contributed by atoms with Crippen LogP contribution in [0, 0.1) is 5.82 Å². The molecule has 3 aromatic rings. The fourth-order valence-electron chi connectivity index (χ4n) is 2.16. The molecule has 1 aromatic carbocycles. The van der Waals surface area contributed by atoms with E-state index in [1.165, 1.54) is 6.07 Å². The first-order chi connectivity index (χ1) is 11.1. The highest BCUT2D eigenvalue weighted by Gasteiger charge is 2.08. The lowest BCUT2D eigenvalue weighted by atomic mass is 10.2. The van der Waals surface area contributed by atoms with Crippen molar-refractivity contribution in [3.8, 4) is 0 Å². The fourth-order valence-corrected chi connectivity index (χ4v) is 3.00. The summed E-state index contributed by atoms with van der Waals surface area (Å²) in [5, 5.41) is 8.00. The molecule has 0 spiro atoms. The Morgan fingerprint density at radius 2 is 2.13 bits per heavy atom. The quantitative estimate of drug-likeness (QED) is 0.675. The largest absolute Gasteiger partial charge is 0.383 e. The highest BCUT2D eigenvalue weighted by Crippen LogP contribution is 2.19. The first-order valence-corrected chi connectivity index (χ1v) is 8.31. The van der Waals surface area contributed by atoms with Crippen LogP contribution in [0.5, 0.6) is 0 Å². The van der Waals surface area contributed by atoms with Crippen LogP contribution in [0.15, 0.2) is 30.5 Å². The van der Waals surface area contributed by atoms with Crippen LogP contribution < -0.4 is 11.1 Å². The number of hydrogen-bond donors (Lipinski definition) is 2. The number of anilines is 2. The van der Waals surface area contributed by atoms with Gasteiger partial charge in [0, 0.05) is 25.1 Å². The van der Waals surface area contributed by atoms with Gasteiger partial charge in [-0.2, -0.15) is 26.8 Å². The Bertz CT molecular complexity index is 819. The van der Waals surface area contributed by atoms with Gasteiger partial charge in [0.2, 0.25) is 5.95 Å². The highest BCUT2D eigenvalue weighted by atomic mass is 32.2. The van der Waals surface area contributed by atoms with Gasteiger partial charge in [-0.05, 0) is 11.6 Å². The fraction of sp³-hybridized carbons (Fsp3) is 0.267. The van der Waals surface area contributed by atoms with Crippen molar-refractivity contribution in [1.82, 2.24) is 19.7 Å². The number of aryl methyl sites for hydroxylation is 1. The Morgan fingerprint density at radius 3 is 2.96 bits per heavy atom. The summed E-state index contributed by atoms with van der Waals surface area (Å²) in [6, 6.07) is 6.82. The number of nitrogen functional groups attached to an aromatic ring is 1. The molecule has 120 valence electrons. The SMILES string of the molecule is Cn1ncc2c(N)nc(NCCSCc3ccccc3F)nc21. The Balaban J connectivity index is 1.53. The maximum Gasteiger partial charge on any atom is 0.226 e. The second-order valence-corrected chi connectivity index (χ2v) is 6.11. The van der Waals surface area contributed by atoms with Gasteiger partial charge >= 0.3 is 0 Å². The zero-order chi connectivity index (χ0) is 16.2. The highest BCUT2D eigenvalue weighted by molar-refractivity contribution is 7.98. The molecule has 0 bridgehead atoms. The van der Waals surface area contributed by atoms with Crippen molar-refractivity contribution in [2.24, 2.45) is 7.05 Å². The summed E-state index contributed by atoms with van der Waals surface area (Å²) in [6.07, 6.45) is 1.65. The first-order valence-electron chi connectivity index (χ1n) is 7.15. The van der Waals surface area contributed by atoms with Gasteiger partial charge < -0.3 is 11.1 Å². The molecule has 8 heteroatoms. The number of nitrogens with two attached hydrogens (primary N) is 1. The van der Waals surface area contributed by atoms with Crippen LogP contribution in [-0.2, 0) is 12.8 Å². The monoisotopic (exact) mass is 332 g/mol. The molecule has 3 N–H and O–H groups in total. The summed E-state index contributed by atoms with van der Waals surface area (Å²) >= 11 is 1.65. The van der Waals surface area contributed by atoms with Crippen molar-refractivity contribution >= 4 is 34.6 Å². The number of benzene rings is 1. The van der Waals surface area contributed by atoms with Crippen molar-refractivity contribution in [3.63, 3.8) is 0 Å². The van der Waals surface area contributed by atoms with E-state index in [0.29, 0.717) is 35.3 Å². The predicted octanol–water partition coefficient (Wildman–Crippen LogP) is 2.43. The smallest absolute Gasteiger partial charge is 0.226 e. The number of thioether (sulfide) groups is 1. The van der Waals surface area contributed by atoms with Gasteiger partial charge in [0.1, 0.15) is 11.6 Å². The molecule has 0 unspecified atom stereocenters. The molecule has 0 aliphatic rings. The van der Waals surface area contributed by atoms with E-state index in [1.54, 1.807) is 34.8 Å². The van der Waals surface area contributed by atoms with Gasteiger partial charge in [0.25, 0.3) is 0 Å². The average Bonchev–Trinajstić information content (AvgIpc) is 2.91. The van der Waals surface area contributed by atoms with Crippen LogP contribution in [0.2, 0.25) is 0 Å². The number of nitrogens with zero attached hydrogens (tertiary/aromatic N) is 4. The molecule has 0 amide bonds. The van der Waals surface area contributed by atoms with E-state index in [4.69, 9.17) is 5.73 Å². The van der Waals surface area contributed by atoms with E-state index in [1.807, 2.05) is 13.1 Å². The lowest BCUT2D eigenvalue weighted by molar-refractivity contribution is 0.617. The predicted molar refractivity (Wildman–Crippen MR) is 91.8 cm³/mol. The Morgan fingerprint density at radius 1 is 1.30 bits per heavy atom. The van der Waals surface area contributed by atoms with Crippen LogP contribution in [0.25, 0.3) is 11.0 Å². The van der Waals surface area contributed by atoms with Crippen LogP contribution in [0.4, 0.5) is 16.2 Å². The zero-order valence-corrected chi connectivity index (χ0v) is 13.5. The lowest BCUT2D eigenvalue weighted by Gasteiger charge is -2.07. The summed E-state index contributed by atoms with van der Waals surface area (Å²) < 4.78 is 15.2. The molecule has 0 radical (unpaired) electrons. The van der Waals surface area contributed by atoms with Crippen molar-refractivity contribution in [2.45, 2.75) is 5.75 Å². The molecule has 2 aromatic heterocycles. The zero-order valence-electron chi connectivity index (χ0n) is 12.7. The molecule has 2 heterocycles. The summed E-state index contributed by atoms with van der Waals surface area (Å²) in [5.41, 5.74) is 7.31. The van der Waals surface area contributed by atoms with Gasteiger partial charge in [-0.25, -0.2) is 4.39 Å². The molecule has 0 fully saturated rings. The Hall–Kier alpha value is -2.35. The second-order valence-electron chi connectivity index (χ2n) is 5.01. The third-order valence-corrected chi connectivity index (χ3v) is 4.37. The topological polar surface area (TPSA) is 81.7 Å². The number of fused-ring (bicyclic) bond motifs is 1. The number of rotatable bonds is 6. The van der Waals surface area contributed by atoms with Crippen molar-refractivity contribution in [2.75, 3.05) is 23.3 Å². The standard InChI is InChI=1S/C15H17FN6S/c1-22-14-11(8-19-22)13(17)20-15(21-14)18-6-7-23-9-10-4-2-3-5-12(10)16/h2-5,8H,6-7,9H2,1H3,(H3,17,18,20,21). The second kappa shape index (κ2) is 6.82. The van der Waals surface area contributed by atoms with Gasteiger partial charge in [0.05, 0.1) is 11.6 Å². The molecule has 23 heavy (non-hydrogen) atoms. The van der Waals surface area contributed by atoms with Gasteiger partial charge in [-0.3, -0.25) is 4.68 Å². The average molecular weight is 332 g/mol. The maximum atomic E-state index is 13.5. The summed E-state index contributed by atoms with van der Waals surface area (Å²) in [7, 11) is 1.81.